The molecule has 4 heterocycles. The Kier molecular flexibility index (Phi) is 9.19. The number of fused-ring (bicyclic) bond motifs is 1. The smallest absolute Gasteiger partial charge is 0.352 e. The number of hydrogen-bond acceptors (Lipinski definition) is 10. The number of hydrogen-bond donors (Lipinski definition) is 3. The number of nitrogens with one attached hydrogen (secondary N) is 1. The maximum absolute atomic E-state index is 14.1. The predicted molar refractivity (Wildman–Crippen MR) is 193 cm³/mol. The summed E-state index contributed by atoms with van der Waals surface area (Å²) >= 11 is 2.41. The van der Waals surface area contributed by atoms with Gasteiger partial charge in [-0.3, -0.25) is 19.3 Å². The van der Waals surface area contributed by atoms with Crippen LogP contribution in [0.15, 0.2) is 124 Å². The molecule has 0 aliphatic carbocycles. The van der Waals surface area contributed by atoms with Crippen molar-refractivity contribution in [1.29, 1.82) is 0 Å². The molecule has 0 bridgehead atoms. The summed E-state index contributed by atoms with van der Waals surface area (Å²) in [6.45, 7) is 0.536. The van der Waals surface area contributed by atoms with Crippen molar-refractivity contribution in [3.05, 3.63) is 142 Å². The maximum atomic E-state index is 14.1. The molecule has 3 amide bonds. The number of carboxylic acid groups (broad SMARTS) is 1. The highest BCUT2D eigenvalue weighted by Crippen LogP contribution is 2.42. The second-order valence-electron chi connectivity index (χ2n) is 12.1. The minimum absolute atomic E-state index is 0.143. The SMILES string of the molecule is CN1CCC(=CC2=C(C(=O)O)N3C(=O)C(NC(=O)C(=NOC(c4ccccc4)(c4ccccc4)c4ccccc4)c4csc(N)n4)C3SC2)C1=O. The molecule has 12 nitrogen and oxygen atoms in total. The third-order valence-electron chi connectivity index (χ3n) is 8.97. The van der Waals surface area contributed by atoms with Crippen molar-refractivity contribution in [1.82, 2.24) is 20.1 Å². The summed E-state index contributed by atoms with van der Waals surface area (Å²) in [5.74, 6) is -2.60. The number of carbonyl (C=O) groups excluding carboxylic acids is 3. The Morgan fingerprint density at radius 2 is 1.59 bits per heavy atom. The third kappa shape index (κ3) is 6.17. The van der Waals surface area contributed by atoms with Crippen LogP contribution in [0.1, 0.15) is 28.8 Å². The van der Waals surface area contributed by atoms with E-state index < -0.39 is 34.8 Å². The Morgan fingerprint density at radius 1 is 1.00 bits per heavy atom. The molecule has 4 N–H and O–H groups in total. The Bertz CT molecular complexity index is 2000. The van der Waals surface area contributed by atoms with Gasteiger partial charge in [-0.1, -0.05) is 96.2 Å². The zero-order valence-electron chi connectivity index (χ0n) is 27.3. The fourth-order valence-corrected chi connectivity index (χ4v) is 8.29. The fourth-order valence-electron chi connectivity index (χ4n) is 6.44. The van der Waals surface area contributed by atoms with Gasteiger partial charge in [-0.05, 0) is 18.1 Å². The van der Waals surface area contributed by atoms with Crippen LogP contribution in [-0.4, -0.2) is 80.1 Å². The molecule has 2 fully saturated rings. The molecule has 51 heavy (non-hydrogen) atoms. The molecule has 0 radical (unpaired) electrons. The molecule has 3 aliphatic heterocycles. The number of nitrogens with zero attached hydrogens (tertiary/aromatic N) is 4. The van der Waals surface area contributed by atoms with Gasteiger partial charge < -0.3 is 25.9 Å². The van der Waals surface area contributed by atoms with E-state index in [1.54, 1.807) is 23.4 Å². The number of nitrogen functional groups attached to an aromatic ring is 1. The Labute approximate surface area is 301 Å². The lowest BCUT2D eigenvalue weighted by Crippen LogP contribution is -2.71. The quantitative estimate of drug-likeness (QED) is 0.0723. The summed E-state index contributed by atoms with van der Waals surface area (Å²) in [5, 5.41) is 18.5. The third-order valence-corrected chi connectivity index (χ3v) is 10.9. The van der Waals surface area contributed by atoms with E-state index in [1.807, 2.05) is 91.0 Å². The van der Waals surface area contributed by atoms with E-state index in [2.05, 4.69) is 15.5 Å². The lowest BCUT2D eigenvalue weighted by Gasteiger charge is -2.49. The second-order valence-corrected chi connectivity index (χ2v) is 14.1. The van der Waals surface area contributed by atoms with E-state index in [0.717, 1.165) is 32.9 Å². The summed E-state index contributed by atoms with van der Waals surface area (Å²) in [6.07, 6.45) is 2.06. The number of carboxylic acids is 1. The first kappa shape index (κ1) is 33.8. The molecule has 4 aromatic rings. The van der Waals surface area contributed by atoms with Gasteiger partial charge in [0.2, 0.25) is 11.5 Å². The lowest BCUT2D eigenvalue weighted by atomic mass is 9.80. The number of allylic oxidation sites excluding steroid dienone is 1. The van der Waals surface area contributed by atoms with E-state index in [-0.39, 0.29) is 33.9 Å². The first-order valence-electron chi connectivity index (χ1n) is 16.0. The number of amides is 3. The number of aliphatic carboxylic acids is 1. The van der Waals surface area contributed by atoms with Gasteiger partial charge in [-0.15, -0.1) is 23.1 Å². The number of thiazole rings is 1. The van der Waals surface area contributed by atoms with Crippen molar-refractivity contribution in [3.8, 4) is 0 Å². The number of anilines is 1. The van der Waals surface area contributed by atoms with Crippen LogP contribution in [0.2, 0.25) is 0 Å². The van der Waals surface area contributed by atoms with Gasteiger partial charge in [-0.25, -0.2) is 9.78 Å². The molecule has 258 valence electrons. The highest BCUT2D eigenvalue weighted by atomic mass is 32.2. The van der Waals surface area contributed by atoms with Crippen LogP contribution in [0.5, 0.6) is 0 Å². The second kappa shape index (κ2) is 13.9. The minimum Gasteiger partial charge on any atom is -0.477 e. The monoisotopic (exact) mass is 720 g/mol. The minimum atomic E-state index is -1.30. The number of β-lactam (4-membered cyclic amide) rings is 1. The number of nitrogens with two attached hydrogens (primary N) is 1. The summed E-state index contributed by atoms with van der Waals surface area (Å²) in [4.78, 5) is 66.3. The topological polar surface area (TPSA) is 168 Å². The molecular weight excluding hydrogens is 689 g/mol. The van der Waals surface area contributed by atoms with Crippen molar-refractivity contribution < 1.29 is 29.1 Å². The van der Waals surface area contributed by atoms with Crippen molar-refractivity contribution >= 4 is 57.6 Å². The normalized spacial score (nSPS) is 19.9. The van der Waals surface area contributed by atoms with Crippen LogP contribution in [0, 0.1) is 0 Å². The molecular formula is C37H32N6O6S2. The molecule has 3 aromatic carbocycles. The largest absolute Gasteiger partial charge is 0.477 e. The summed E-state index contributed by atoms with van der Waals surface area (Å²) in [5.41, 5.74) is 7.50. The number of likely N-dealkylation sites (N-methyl/N-ethyl adjacent to an activating group) is 1. The molecule has 7 rings (SSSR count). The number of thioether (sulfide) groups is 1. The van der Waals surface area contributed by atoms with Crippen LogP contribution >= 0.6 is 23.1 Å². The first-order chi connectivity index (χ1) is 24.7. The standard InChI is InChI=1S/C37H32N6O6S2/c1-42-18-17-22(32(42)45)19-23-20-50-34-29(33(46)43(34)30(23)35(47)48)40-31(44)28(27-21-51-36(38)39-27)41-49-37(24-11-5-2-6-12-24,25-13-7-3-8-14-25)26-15-9-4-10-16-26/h2-16,19,21,29,34H,17-18,20H2,1H3,(H2,38,39)(H,40,44)(H,47,48). The predicted octanol–water partition coefficient (Wildman–Crippen LogP) is 3.97. The fraction of sp³-hybridized carbons (Fsp3) is 0.189. The van der Waals surface area contributed by atoms with Crippen molar-refractivity contribution in [2.24, 2.45) is 5.16 Å². The van der Waals surface area contributed by atoms with Gasteiger partial charge in [-0.2, -0.15) is 0 Å². The highest BCUT2D eigenvalue weighted by Gasteiger charge is 2.54. The average molecular weight is 721 g/mol. The van der Waals surface area contributed by atoms with Crippen LogP contribution in [0.25, 0.3) is 0 Å². The van der Waals surface area contributed by atoms with Crippen molar-refractivity contribution in [2.75, 3.05) is 25.1 Å². The molecule has 14 heteroatoms. The summed E-state index contributed by atoms with van der Waals surface area (Å²) in [7, 11) is 1.68. The Balaban J connectivity index is 1.23. The molecule has 2 unspecified atom stereocenters. The molecule has 1 aromatic heterocycles. The molecule has 2 saturated heterocycles. The van der Waals surface area contributed by atoms with Gasteiger partial charge in [0.25, 0.3) is 11.8 Å². The Hall–Kier alpha value is -5.73. The van der Waals surface area contributed by atoms with Crippen LogP contribution in [0.4, 0.5) is 5.13 Å². The van der Waals surface area contributed by atoms with E-state index >= 15 is 0 Å². The van der Waals surface area contributed by atoms with Gasteiger partial charge in [0.1, 0.15) is 22.8 Å². The number of rotatable bonds is 10. The van der Waals surface area contributed by atoms with Crippen LogP contribution in [0.3, 0.4) is 0 Å². The zero-order valence-corrected chi connectivity index (χ0v) is 28.9. The van der Waals surface area contributed by atoms with Crippen molar-refractivity contribution in [3.63, 3.8) is 0 Å². The maximum Gasteiger partial charge on any atom is 0.352 e. The van der Waals surface area contributed by atoms with E-state index in [1.165, 1.54) is 11.8 Å². The number of oxime groups is 1. The van der Waals surface area contributed by atoms with Gasteiger partial charge in [0.05, 0.1) is 0 Å². The molecule has 0 saturated carbocycles. The average Bonchev–Trinajstić information content (AvgIpc) is 3.73. The molecule has 0 spiro atoms. The molecule has 2 atom stereocenters. The van der Waals surface area contributed by atoms with Crippen molar-refractivity contribution in [2.45, 2.75) is 23.4 Å². The summed E-state index contributed by atoms with van der Waals surface area (Å²) < 4.78 is 0. The van der Waals surface area contributed by atoms with E-state index in [4.69, 9.17) is 10.6 Å². The number of aromatic nitrogens is 1. The number of benzene rings is 3. The number of likely N-dealkylation sites (tertiary alicyclic amines) is 1. The van der Waals surface area contributed by atoms with E-state index in [9.17, 15) is 24.3 Å². The molecule has 3 aliphatic rings. The van der Waals surface area contributed by atoms with Gasteiger partial charge in [0.15, 0.2) is 10.8 Å². The summed E-state index contributed by atoms with van der Waals surface area (Å²) in [6, 6.07) is 27.4. The lowest BCUT2D eigenvalue weighted by molar-refractivity contribution is -0.150. The zero-order chi connectivity index (χ0) is 35.7. The van der Waals surface area contributed by atoms with Gasteiger partial charge >= 0.3 is 5.97 Å². The Morgan fingerprint density at radius 3 is 2.08 bits per heavy atom. The number of carbonyl (C=O) groups is 4. The van der Waals surface area contributed by atoms with Gasteiger partial charge in [0, 0.05) is 47.0 Å². The van der Waals surface area contributed by atoms with Crippen LogP contribution in [-0.2, 0) is 29.6 Å². The highest BCUT2D eigenvalue weighted by molar-refractivity contribution is 8.00. The van der Waals surface area contributed by atoms with E-state index in [0.29, 0.717) is 24.1 Å². The van der Waals surface area contributed by atoms with Crippen LogP contribution < -0.4 is 11.1 Å². The first-order valence-corrected chi connectivity index (χ1v) is 17.9.